The molecule has 0 bridgehead atoms. The molecule has 0 spiro atoms. The van der Waals surface area contributed by atoms with Gasteiger partial charge >= 0.3 is 5.76 Å². The van der Waals surface area contributed by atoms with Crippen LogP contribution in [0.1, 0.15) is 26.0 Å². The molecule has 2 N–H and O–H groups in total. The monoisotopic (exact) mass is 408 g/mol. The summed E-state index contributed by atoms with van der Waals surface area (Å²) >= 11 is 0. The Morgan fingerprint density at radius 2 is 1.96 bits per heavy atom. The van der Waals surface area contributed by atoms with Gasteiger partial charge in [0.05, 0.1) is 17.0 Å². The van der Waals surface area contributed by atoms with Crippen LogP contribution >= 0.6 is 0 Å². The van der Waals surface area contributed by atoms with Crippen molar-refractivity contribution in [2.75, 3.05) is 6.61 Å². The van der Waals surface area contributed by atoms with E-state index in [0.717, 1.165) is 6.42 Å². The predicted octanol–water partition coefficient (Wildman–Crippen LogP) is 2.14. The molecule has 3 rings (SSSR count). The van der Waals surface area contributed by atoms with E-state index in [9.17, 15) is 18.0 Å². The van der Waals surface area contributed by atoms with Gasteiger partial charge in [0.25, 0.3) is 10.1 Å². The van der Waals surface area contributed by atoms with Crippen molar-refractivity contribution >= 4 is 21.2 Å². The Morgan fingerprint density at radius 1 is 1.18 bits per heavy atom. The van der Waals surface area contributed by atoms with Gasteiger partial charge in [0.2, 0.25) is 5.43 Å². The molecule has 10 heteroatoms. The second kappa shape index (κ2) is 8.03. The molecule has 0 saturated heterocycles. The molecule has 0 aliphatic heterocycles. The Morgan fingerprint density at radius 3 is 2.68 bits per heavy atom. The Kier molecular flexibility index (Phi) is 5.71. The molecule has 3 aromatic rings. The molecule has 0 radical (unpaired) electrons. The van der Waals surface area contributed by atoms with Crippen molar-refractivity contribution in [1.29, 1.82) is 0 Å². The van der Waals surface area contributed by atoms with Gasteiger partial charge < -0.3 is 14.1 Å². The van der Waals surface area contributed by atoms with E-state index >= 15 is 0 Å². The predicted molar refractivity (Wildman–Crippen MR) is 101 cm³/mol. The number of oxazole rings is 1. The molecular weight excluding hydrogens is 388 g/mol. The van der Waals surface area contributed by atoms with Gasteiger partial charge in [-0.05, 0) is 24.5 Å². The van der Waals surface area contributed by atoms with Gasteiger partial charge in [-0.2, -0.15) is 8.42 Å². The summed E-state index contributed by atoms with van der Waals surface area (Å²) in [6, 6.07) is 5.12. The second-order valence-electron chi connectivity index (χ2n) is 6.61. The highest BCUT2D eigenvalue weighted by Crippen LogP contribution is 2.19. The maximum absolute atomic E-state index is 12.3. The summed E-state index contributed by atoms with van der Waals surface area (Å²) in [6.45, 7) is 4.16. The van der Waals surface area contributed by atoms with E-state index in [1.807, 2.05) is 0 Å². The highest BCUT2D eigenvalue weighted by atomic mass is 32.2. The number of benzene rings is 1. The quantitative estimate of drug-likeness (QED) is 0.546. The summed E-state index contributed by atoms with van der Waals surface area (Å²) in [5, 5.41) is 0. The van der Waals surface area contributed by atoms with Crippen LogP contribution in [-0.2, 0) is 20.9 Å². The number of nitrogens with one attached hydrogen (secondary N) is 2. The molecule has 150 valence electrons. The smallest absolute Gasteiger partial charge is 0.417 e. The fourth-order valence-corrected chi connectivity index (χ4v) is 3.30. The molecule has 2 aromatic heterocycles. The average molecular weight is 408 g/mol. The molecule has 0 fully saturated rings. The first-order valence-electron chi connectivity index (χ1n) is 8.61. The SMILES string of the molecule is CC(C)CCOc1c[nH]c(COS(=O)(=O)c2ccc3[nH]c(=O)oc3c2)cc1=O. The Labute approximate surface area is 160 Å². The van der Waals surface area contributed by atoms with E-state index in [1.54, 1.807) is 0 Å². The lowest BCUT2D eigenvalue weighted by atomic mass is 10.1. The van der Waals surface area contributed by atoms with Crippen LogP contribution in [0.5, 0.6) is 5.75 Å². The van der Waals surface area contributed by atoms with Gasteiger partial charge in [0.1, 0.15) is 6.61 Å². The van der Waals surface area contributed by atoms with Crippen LogP contribution < -0.4 is 15.9 Å². The van der Waals surface area contributed by atoms with Gasteiger partial charge in [-0.25, -0.2) is 4.79 Å². The molecular formula is C18H20N2O7S. The summed E-state index contributed by atoms with van der Waals surface area (Å²) in [7, 11) is -4.12. The standard InChI is InChI=1S/C18H20N2O7S/c1-11(2)5-6-25-17-9-19-12(7-15(17)21)10-26-28(23,24)13-3-4-14-16(8-13)27-18(22)20-14/h3-4,7-9,11H,5-6,10H2,1-2H3,(H,19,21)(H,20,22). The first-order valence-corrected chi connectivity index (χ1v) is 10.0. The van der Waals surface area contributed by atoms with Crippen LogP contribution in [0.2, 0.25) is 0 Å². The van der Waals surface area contributed by atoms with Gasteiger partial charge in [-0.1, -0.05) is 13.8 Å². The maximum Gasteiger partial charge on any atom is 0.417 e. The number of hydrogen-bond acceptors (Lipinski definition) is 7. The van der Waals surface area contributed by atoms with Crippen LogP contribution in [0.15, 0.2) is 49.4 Å². The lowest BCUT2D eigenvalue weighted by molar-refractivity contribution is 0.283. The van der Waals surface area contributed by atoms with Crippen LogP contribution in [0.25, 0.3) is 11.1 Å². The fraction of sp³-hybridized carbons (Fsp3) is 0.333. The third-order valence-electron chi connectivity index (χ3n) is 3.94. The van der Waals surface area contributed by atoms with Crippen molar-refractivity contribution in [3.63, 3.8) is 0 Å². The van der Waals surface area contributed by atoms with Crippen molar-refractivity contribution in [3.05, 3.63) is 56.9 Å². The lowest BCUT2D eigenvalue weighted by Gasteiger charge is -2.09. The minimum atomic E-state index is -4.12. The van der Waals surface area contributed by atoms with Gasteiger partial charge in [-0.3, -0.25) is 14.0 Å². The van der Waals surface area contributed by atoms with E-state index in [2.05, 4.69) is 23.8 Å². The van der Waals surface area contributed by atoms with Gasteiger partial charge in [0.15, 0.2) is 11.3 Å². The summed E-state index contributed by atoms with van der Waals surface area (Å²) in [5.41, 5.74) is 0.389. The number of hydrogen-bond donors (Lipinski definition) is 2. The molecule has 0 atom stereocenters. The molecule has 0 saturated carbocycles. The van der Waals surface area contributed by atoms with Crippen molar-refractivity contribution in [1.82, 2.24) is 9.97 Å². The number of aromatic nitrogens is 2. The van der Waals surface area contributed by atoms with E-state index < -0.39 is 15.9 Å². The molecule has 1 aromatic carbocycles. The van der Waals surface area contributed by atoms with Crippen LogP contribution in [0, 0.1) is 5.92 Å². The maximum atomic E-state index is 12.3. The highest BCUT2D eigenvalue weighted by molar-refractivity contribution is 7.86. The molecule has 0 amide bonds. The zero-order chi connectivity index (χ0) is 20.3. The number of ether oxygens (including phenoxy) is 1. The topological polar surface area (TPSA) is 131 Å². The number of pyridine rings is 1. The van der Waals surface area contributed by atoms with E-state index in [1.165, 1.54) is 30.5 Å². The number of fused-ring (bicyclic) bond motifs is 1. The Balaban J connectivity index is 1.68. The third kappa shape index (κ3) is 4.70. The minimum Gasteiger partial charge on any atom is -0.488 e. The van der Waals surface area contributed by atoms with E-state index in [0.29, 0.717) is 18.0 Å². The lowest BCUT2D eigenvalue weighted by Crippen LogP contribution is -2.13. The summed E-state index contributed by atoms with van der Waals surface area (Å²) < 4.78 is 40.0. The van der Waals surface area contributed by atoms with Crippen molar-refractivity contribution < 1.29 is 21.8 Å². The van der Waals surface area contributed by atoms with Gasteiger partial charge in [0, 0.05) is 24.0 Å². The van der Waals surface area contributed by atoms with Crippen LogP contribution in [-0.4, -0.2) is 25.0 Å². The van der Waals surface area contributed by atoms with Gasteiger partial charge in [-0.15, -0.1) is 0 Å². The van der Waals surface area contributed by atoms with Crippen LogP contribution in [0.3, 0.4) is 0 Å². The summed E-state index contributed by atoms with van der Waals surface area (Å²) in [4.78, 5) is 28.3. The largest absolute Gasteiger partial charge is 0.488 e. The molecule has 2 heterocycles. The summed E-state index contributed by atoms with van der Waals surface area (Å²) in [5.74, 6) is -0.0607. The van der Waals surface area contributed by atoms with Crippen LogP contribution in [0.4, 0.5) is 0 Å². The normalized spacial score (nSPS) is 12.0. The first kappa shape index (κ1) is 19.9. The first-order chi connectivity index (χ1) is 13.2. The number of aromatic amines is 2. The molecule has 0 aliphatic carbocycles. The van der Waals surface area contributed by atoms with E-state index in [-0.39, 0.29) is 34.0 Å². The number of H-pyrrole nitrogens is 2. The highest BCUT2D eigenvalue weighted by Gasteiger charge is 2.18. The zero-order valence-electron chi connectivity index (χ0n) is 15.4. The summed E-state index contributed by atoms with van der Waals surface area (Å²) in [6.07, 6.45) is 2.20. The third-order valence-corrected chi connectivity index (χ3v) is 5.20. The number of rotatable bonds is 8. The van der Waals surface area contributed by atoms with Crippen molar-refractivity contribution in [2.45, 2.75) is 31.8 Å². The molecule has 9 nitrogen and oxygen atoms in total. The minimum absolute atomic E-state index is 0.103. The van der Waals surface area contributed by atoms with Crippen molar-refractivity contribution in [3.8, 4) is 5.75 Å². The fourth-order valence-electron chi connectivity index (χ4n) is 2.39. The molecule has 0 unspecified atom stereocenters. The van der Waals surface area contributed by atoms with Crippen molar-refractivity contribution in [2.24, 2.45) is 5.92 Å². The molecule has 0 aliphatic rings. The second-order valence-corrected chi connectivity index (χ2v) is 8.22. The zero-order valence-corrected chi connectivity index (χ0v) is 16.2. The average Bonchev–Trinajstić information content (AvgIpc) is 3.00. The van der Waals surface area contributed by atoms with E-state index in [4.69, 9.17) is 13.3 Å². The Bertz CT molecular complexity index is 1190. The Hall–Kier alpha value is -2.85. The molecule has 28 heavy (non-hydrogen) atoms.